The zero-order valence-corrected chi connectivity index (χ0v) is 13.0. The maximum atomic E-state index is 8.44. The average Bonchev–Trinajstić information content (AvgIpc) is 2.42. The second-order valence-corrected chi connectivity index (χ2v) is 6.98. The first-order chi connectivity index (χ1) is 8.99. The molecule has 0 aliphatic heterocycles. The molecule has 0 aliphatic rings. The van der Waals surface area contributed by atoms with Crippen LogP contribution in [0.5, 0.6) is 0 Å². The molecule has 0 spiro atoms. The van der Waals surface area contributed by atoms with Crippen LogP contribution in [0.3, 0.4) is 0 Å². The summed E-state index contributed by atoms with van der Waals surface area (Å²) in [6, 6.07) is 11.1. The molecule has 0 bridgehead atoms. The Bertz CT molecular complexity index is 429. The molecule has 0 saturated heterocycles. The first-order valence-electron chi connectivity index (χ1n) is 5.45. The van der Waals surface area contributed by atoms with Gasteiger partial charge in [-0.05, 0) is 12.0 Å². The SMILES string of the molecule is C.C.C.CO[Si](CCc1ccccc1)(OC)OC.O=S(=O)=O. The summed E-state index contributed by atoms with van der Waals surface area (Å²) in [6.07, 6.45) is 0.919. The highest BCUT2D eigenvalue weighted by molar-refractivity contribution is 7.59. The van der Waals surface area contributed by atoms with Crippen LogP contribution in [0.1, 0.15) is 27.8 Å². The van der Waals surface area contributed by atoms with Crippen LogP contribution >= 0.6 is 0 Å². The summed E-state index contributed by atoms with van der Waals surface area (Å²) in [5.41, 5.74) is 1.28. The monoisotopic (exact) mass is 354 g/mol. The zero-order valence-electron chi connectivity index (χ0n) is 11.2. The van der Waals surface area contributed by atoms with Crippen molar-refractivity contribution in [2.75, 3.05) is 21.3 Å². The van der Waals surface area contributed by atoms with E-state index in [1.165, 1.54) is 5.56 Å². The molecule has 8 heteroatoms. The largest absolute Gasteiger partial charge is 0.500 e. The molecule has 22 heavy (non-hydrogen) atoms. The summed E-state index contributed by atoms with van der Waals surface area (Å²) in [5, 5.41) is 0. The highest BCUT2D eigenvalue weighted by atomic mass is 32.2. The molecule has 0 amide bonds. The van der Waals surface area contributed by atoms with Crippen LogP contribution in [0.25, 0.3) is 0 Å². The summed E-state index contributed by atoms with van der Waals surface area (Å²) in [6.45, 7) is 0. The molecule has 0 N–H and O–H groups in total. The van der Waals surface area contributed by atoms with Gasteiger partial charge in [-0.2, -0.15) is 0 Å². The smallest absolute Gasteiger partial charge is 0.377 e. The van der Waals surface area contributed by atoms with Gasteiger partial charge in [0.05, 0.1) is 0 Å². The second kappa shape index (κ2) is 16.3. The third-order valence-corrected chi connectivity index (χ3v) is 5.22. The second-order valence-electron chi connectivity index (χ2n) is 3.49. The van der Waals surface area contributed by atoms with Gasteiger partial charge in [0.15, 0.2) is 0 Å². The molecule has 1 aromatic carbocycles. The minimum absolute atomic E-state index is 0. The molecule has 132 valence electrons. The van der Waals surface area contributed by atoms with Gasteiger partial charge >= 0.3 is 19.4 Å². The molecule has 0 heterocycles. The number of hydrogen-bond acceptors (Lipinski definition) is 6. The highest BCUT2D eigenvalue weighted by Gasteiger charge is 2.36. The number of hydrogen-bond donors (Lipinski definition) is 0. The predicted molar refractivity (Wildman–Crippen MR) is 91.6 cm³/mol. The summed E-state index contributed by atoms with van der Waals surface area (Å²) in [5.74, 6) is 0. The van der Waals surface area contributed by atoms with E-state index in [0.29, 0.717) is 0 Å². The minimum Gasteiger partial charge on any atom is -0.377 e. The van der Waals surface area contributed by atoms with Gasteiger partial charge in [-0.3, -0.25) is 0 Å². The lowest BCUT2D eigenvalue weighted by molar-refractivity contribution is 0.123. The van der Waals surface area contributed by atoms with E-state index in [1.807, 2.05) is 18.2 Å². The molecule has 0 unspecified atom stereocenters. The summed E-state index contributed by atoms with van der Waals surface area (Å²) in [4.78, 5) is 0. The van der Waals surface area contributed by atoms with Crippen molar-refractivity contribution in [2.45, 2.75) is 34.7 Å². The van der Waals surface area contributed by atoms with E-state index in [4.69, 9.17) is 25.9 Å². The normalized spacial score (nSPS) is 9.05. The molecular formula is C14H30O6SSi. The summed E-state index contributed by atoms with van der Waals surface area (Å²) >= 11 is 0. The number of aryl methyl sites for hydroxylation is 1. The van der Waals surface area contributed by atoms with Crippen LogP contribution in [0.4, 0.5) is 0 Å². The van der Waals surface area contributed by atoms with Gasteiger partial charge in [0.25, 0.3) is 0 Å². The Hall–Kier alpha value is -1.06. The molecule has 0 aromatic heterocycles. The maximum absolute atomic E-state index is 8.44. The Balaban J connectivity index is -0.000000208. The van der Waals surface area contributed by atoms with Crippen molar-refractivity contribution >= 4 is 19.4 Å². The lowest BCUT2D eigenvalue weighted by Crippen LogP contribution is -2.43. The Morgan fingerprint density at radius 3 is 1.55 bits per heavy atom. The van der Waals surface area contributed by atoms with Crippen LogP contribution < -0.4 is 0 Å². The van der Waals surface area contributed by atoms with Crippen molar-refractivity contribution in [1.29, 1.82) is 0 Å². The van der Waals surface area contributed by atoms with E-state index < -0.39 is 19.4 Å². The quantitative estimate of drug-likeness (QED) is 0.731. The third kappa shape index (κ3) is 12.7. The van der Waals surface area contributed by atoms with Crippen molar-refractivity contribution in [3.63, 3.8) is 0 Å². The van der Waals surface area contributed by atoms with Crippen LogP contribution in [0.2, 0.25) is 6.04 Å². The number of rotatable bonds is 6. The maximum Gasteiger partial charge on any atom is 0.500 e. The van der Waals surface area contributed by atoms with E-state index in [9.17, 15) is 0 Å². The average molecular weight is 355 g/mol. The van der Waals surface area contributed by atoms with Crippen LogP contribution in [0, 0.1) is 0 Å². The van der Waals surface area contributed by atoms with Gasteiger partial charge < -0.3 is 13.3 Å². The van der Waals surface area contributed by atoms with Crippen molar-refractivity contribution in [1.82, 2.24) is 0 Å². The predicted octanol–water partition coefficient (Wildman–Crippen LogP) is 3.01. The Kier molecular flexibility index (Phi) is 21.5. The standard InChI is InChI=1S/C11H18O3Si.3CH4.O3S/c1-12-15(13-2,14-3)10-9-11-7-5-4-6-8-11;;;;1-4(2)3/h4-8H,9-10H2,1-3H3;3*1H4;. The zero-order chi connectivity index (χ0) is 14.7. The van der Waals surface area contributed by atoms with Crippen LogP contribution in [-0.4, -0.2) is 42.8 Å². The lowest BCUT2D eigenvalue weighted by atomic mass is 10.2. The molecular weight excluding hydrogens is 324 g/mol. The van der Waals surface area contributed by atoms with Crippen molar-refractivity contribution in [3.8, 4) is 0 Å². The summed E-state index contributed by atoms with van der Waals surface area (Å²) in [7, 11) is -0.582. The van der Waals surface area contributed by atoms with Gasteiger partial charge in [0, 0.05) is 27.4 Å². The van der Waals surface area contributed by atoms with Gasteiger partial charge in [-0.15, -0.1) is 12.6 Å². The molecule has 1 aromatic rings. The lowest BCUT2D eigenvalue weighted by Gasteiger charge is -2.24. The molecule has 0 fully saturated rings. The first kappa shape index (κ1) is 29.0. The van der Waals surface area contributed by atoms with Gasteiger partial charge in [-0.25, -0.2) is 0 Å². The van der Waals surface area contributed by atoms with Gasteiger partial charge in [0.1, 0.15) is 0 Å². The molecule has 0 radical (unpaired) electrons. The Labute approximate surface area is 137 Å². The van der Waals surface area contributed by atoms with E-state index >= 15 is 0 Å². The molecule has 0 saturated carbocycles. The van der Waals surface area contributed by atoms with Crippen molar-refractivity contribution < 1.29 is 25.9 Å². The van der Waals surface area contributed by atoms with E-state index in [0.717, 1.165) is 12.5 Å². The number of benzene rings is 1. The van der Waals surface area contributed by atoms with Crippen LogP contribution in [0.15, 0.2) is 30.3 Å². The van der Waals surface area contributed by atoms with Crippen molar-refractivity contribution in [2.24, 2.45) is 0 Å². The molecule has 6 nitrogen and oxygen atoms in total. The van der Waals surface area contributed by atoms with Crippen molar-refractivity contribution in [3.05, 3.63) is 35.9 Å². The van der Waals surface area contributed by atoms with E-state index in [-0.39, 0.29) is 22.3 Å². The first-order valence-corrected chi connectivity index (χ1v) is 8.39. The van der Waals surface area contributed by atoms with E-state index in [1.54, 1.807) is 21.3 Å². The van der Waals surface area contributed by atoms with Gasteiger partial charge in [-0.1, -0.05) is 52.6 Å². The third-order valence-electron chi connectivity index (χ3n) is 2.50. The highest BCUT2D eigenvalue weighted by Crippen LogP contribution is 2.16. The fourth-order valence-corrected chi connectivity index (χ4v) is 3.21. The van der Waals surface area contributed by atoms with Crippen LogP contribution in [-0.2, 0) is 30.3 Å². The topological polar surface area (TPSA) is 78.9 Å². The fraction of sp³-hybridized carbons (Fsp3) is 0.571. The molecule has 0 aliphatic carbocycles. The van der Waals surface area contributed by atoms with E-state index in [2.05, 4.69) is 12.1 Å². The molecule has 1 rings (SSSR count). The minimum atomic E-state index is -3.11. The van der Waals surface area contributed by atoms with Gasteiger partial charge in [0.2, 0.25) is 0 Å². The Morgan fingerprint density at radius 2 is 1.23 bits per heavy atom. The molecule has 0 atom stereocenters. The Morgan fingerprint density at radius 1 is 0.864 bits per heavy atom. The summed E-state index contributed by atoms with van der Waals surface area (Å²) < 4.78 is 41.4. The fourth-order valence-electron chi connectivity index (χ4n) is 1.50.